The van der Waals surface area contributed by atoms with Gasteiger partial charge in [-0.15, -0.1) is 0 Å². The maximum Gasteiger partial charge on any atom is 0.407 e. The Morgan fingerprint density at radius 2 is 1.77 bits per heavy atom. The third-order valence-electron chi connectivity index (χ3n) is 3.12. The first-order chi connectivity index (χ1) is 9.97. The van der Waals surface area contributed by atoms with Crippen molar-refractivity contribution in [2.24, 2.45) is 11.8 Å². The van der Waals surface area contributed by atoms with Gasteiger partial charge in [0.05, 0.1) is 5.75 Å². The van der Waals surface area contributed by atoms with Crippen molar-refractivity contribution >= 4 is 16.1 Å². The van der Waals surface area contributed by atoms with Crippen LogP contribution in [0, 0.1) is 11.8 Å². The molecule has 0 bridgehead atoms. The number of amides is 1. The minimum absolute atomic E-state index is 0.0355. The van der Waals surface area contributed by atoms with E-state index in [1.165, 1.54) is 7.05 Å². The number of alkyl carbamates (subject to hydrolysis) is 1. The van der Waals surface area contributed by atoms with Gasteiger partial charge in [-0.2, -0.15) is 0 Å². The molecule has 0 aliphatic carbocycles. The molecule has 1 amide bonds. The maximum absolute atomic E-state index is 11.6. The predicted octanol–water partition coefficient (Wildman–Crippen LogP) is 0.922. The topological polar surface area (TPSA) is 96.5 Å². The highest BCUT2D eigenvalue weighted by atomic mass is 32.2. The zero-order chi connectivity index (χ0) is 17.4. The van der Waals surface area contributed by atoms with Crippen molar-refractivity contribution in [3.63, 3.8) is 0 Å². The van der Waals surface area contributed by atoms with Crippen LogP contribution in [0.4, 0.5) is 4.79 Å². The summed E-state index contributed by atoms with van der Waals surface area (Å²) in [5, 5.41) is 5.88. The normalized spacial score (nSPS) is 14.0. The summed E-state index contributed by atoms with van der Waals surface area (Å²) >= 11 is 0. The van der Waals surface area contributed by atoms with Crippen LogP contribution in [0.15, 0.2) is 0 Å². The number of rotatable bonds is 9. The van der Waals surface area contributed by atoms with E-state index in [9.17, 15) is 13.2 Å². The standard InChI is InChI=1S/C14H31N3O4S/c1-11(2)12(9-16-7-8-22(19,20)15-6)10-17-13(18)21-14(3,4)5/h11-12,15-16H,7-10H2,1-6H3,(H,17,18). The third-order valence-corrected chi connectivity index (χ3v) is 4.48. The molecule has 7 nitrogen and oxygen atoms in total. The van der Waals surface area contributed by atoms with Crippen molar-refractivity contribution < 1.29 is 17.9 Å². The van der Waals surface area contributed by atoms with E-state index in [2.05, 4.69) is 29.2 Å². The second kappa shape index (κ2) is 9.32. The molecule has 0 fully saturated rings. The minimum atomic E-state index is -3.19. The Bertz CT molecular complexity index is 430. The van der Waals surface area contributed by atoms with E-state index in [4.69, 9.17) is 4.74 Å². The number of hydrogen-bond acceptors (Lipinski definition) is 5. The fourth-order valence-corrected chi connectivity index (χ4v) is 2.29. The first-order valence-corrected chi connectivity index (χ1v) is 9.21. The molecule has 1 unspecified atom stereocenters. The number of carbonyl (C=O) groups excluding carboxylic acids is 1. The van der Waals surface area contributed by atoms with Gasteiger partial charge < -0.3 is 15.4 Å². The molecule has 0 rings (SSSR count). The van der Waals surface area contributed by atoms with Crippen molar-refractivity contribution in [2.45, 2.75) is 40.2 Å². The molecule has 0 heterocycles. The Morgan fingerprint density at radius 1 is 1.18 bits per heavy atom. The molecule has 8 heteroatoms. The molecule has 132 valence electrons. The second-order valence-corrected chi connectivity index (χ2v) is 8.66. The summed E-state index contributed by atoms with van der Waals surface area (Å²) < 4.78 is 30.1. The molecule has 0 aromatic rings. The molecule has 0 radical (unpaired) electrons. The Kier molecular flexibility index (Phi) is 8.95. The maximum atomic E-state index is 11.6. The van der Waals surface area contributed by atoms with Crippen LogP contribution in [0.1, 0.15) is 34.6 Å². The monoisotopic (exact) mass is 337 g/mol. The largest absolute Gasteiger partial charge is 0.444 e. The summed E-state index contributed by atoms with van der Waals surface area (Å²) in [6, 6.07) is 0. The van der Waals surface area contributed by atoms with Gasteiger partial charge in [0.15, 0.2) is 0 Å². The van der Waals surface area contributed by atoms with Gasteiger partial charge in [-0.25, -0.2) is 17.9 Å². The summed E-state index contributed by atoms with van der Waals surface area (Å²) in [6.07, 6.45) is -0.434. The highest BCUT2D eigenvalue weighted by Gasteiger charge is 2.19. The van der Waals surface area contributed by atoms with Crippen LogP contribution in [0.5, 0.6) is 0 Å². The third kappa shape index (κ3) is 10.8. The Balaban J connectivity index is 4.15. The Labute approximate surface area is 134 Å². The van der Waals surface area contributed by atoms with Gasteiger partial charge in [-0.1, -0.05) is 13.8 Å². The highest BCUT2D eigenvalue weighted by molar-refractivity contribution is 7.89. The summed E-state index contributed by atoms with van der Waals surface area (Å²) in [4.78, 5) is 11.6. The molecular weight excluding hydrogens is 306 g/mol. The van der Waals surface area contributed by atoms with Gasteiger partial charge in [0.2, 0.25) is 10.0 Å². The smallest absolute Gasteiger partial charge is 0.407 e. The molecule has 0 saturated heterocycles. The van der Waals surface area contributed by atoms with Crippen LogP contribution in [-0.2, 0) is 14.8 Å². The molecule has 3 N–H and O–H groups in total. The lowest BCUT2D eigenvalue weighted by Crippen LogP contribution is -2.40. The number of nitrogens with one attached hydrogen (secondary N) is 3. The quantitative estimate of drug-likeness (QED) is 0.544. The van der Waals surface area contributed by atoms with E-state index in [1.54, 1.807) is 0 Å². The highest BCUT2D eigenvalue weighted by Crippen LogP contribution is 2.10. The van der Waals surface area contributed by atoms with E-state index in [0.29, 0.717) is 25.6 Å². The molecule has 0 aromatic heterocycles. The molecule has 0 aliphatic heterocycles. The first kappa shape index (κ1) is 21.1. The van der Waals surface area contributed by atoms with Gasteiger partial charge >= 0.3 is 6.09 Å². The lowest BCUT2D eigenvalue weighted by atomic mass is 9.96. The van der Waals surface area contributed by atoms with Crippen molar-refractivity contribution in [1.29, 1.82) is 0 Å². The summed E-state index contributed by atoms with van der Waals surface area (Å²) in [5.74, 6) is 0.585. The fourth-order valence-electron chi connectivity index (χ4n) is 1.67. The van der Waals surface area contributed by atoms with E-state index in [-0.39, 0.29) is 11.7 Å². The van der Waals surface area contributed by atoms with Crippen LogP contribution in [0.2, 0.25) is 0 Å². The van der Waals surface area contributed by atoms with E-state index in [1.807, 2.05) is 20.8 Å². The van der Waals surface area contributed by atoms with Crippen molar-refractivity contribution in [1.82, 2.24) is 15.4 Å². The van der Waals surface area contributed by atoms with Crippen LogP contribution >= 0.6 is 0 Å². The van der Waals surface area contributed by atoms with Gasteiger partial charge in [0.25, 0.3) is 0 Å². The fraction of sp³-hybridized carbons (Fsp3) is 0.929. The average molecular weight is 337 g/mol. The first-order valence-electron chi connectivity index (χ1n) is 7.55. The Hall–Kier alpha value is -0.860. The number of hydrogen-bond donors (Lipinski definition) is 3. The number of carbonyl (C=O) groups is 1. The number of ether oxygens (including phenoxy) is 1. The van der Waals surface area contributed by atoms with E-state index < -0.39 is 21.7 Å². The second-order valence-electron chi connectivity index (χ2n) is 6.61. The average Bonchev–Trinajstić information content (AvgIpc) is 2.35. The molecule has 1 atom stereocenters. The summed E-state index contributed by atoms with van der Waals surface area (Å²) in [7, 11) is -1.79. The zero-order valence-corrected chi connectivity index (χ0v) is 15.3. The number of sulfonamides is 1. The predicted molar refractivity (Wildman–Crippen MR) is 88.3 cm³/mol. The van der Waals surface area contributed by atoms with Gasteiger partial charge in [0, 0.05) is 13.1 Å². The Morgan fingerprint density at radius 3 is 2.23 bits per heavy atom. The lowest BCUT2D eigenvalue weighted by molar-refractivity contribution is 0.0515. The van der Waals surface area contributed by atoms with Crippen molar-refractivity contribution in [3.8, 4) is 0 Å². The van der Waals surface area contributed by atoms with Gasteiger partial charge in [0.1, 0.15) is 5.60 Å². The van der Waals surface area contributed by atoms with E-state index in [0.717, 1.165) is 0 Å². The van der Waals surface area contributed by atoms with Gasteiger partial charge in [-0.05, 0) is 46.2 Å². The lowest BCUT2D eigenvalue weighted by Gasteiger charge is -2.24. The van der Waals surface area contributed by atoms with Crippen LogP contribution in [0.25, 0.3) is 0 Å². The minimum Gasteiger partial charge on any atom is -0.444 e. The summed E-state index contributed by atoms with van der Waals surface area (Å²) in [6.45, 7) is 11.1. The molecule has 22 heavy (non-hydrogen) atoms. The van der Waals surface area contributed by atoms with Crippen molar-refractivity contribution in [2.75, 3.05) is 32.4 Å². The zero-order valence-electron chi connectivity index (χ0n) is 14.5. The van der Waals surface area contributed by atoms with Crippen LogP contribution < -0.4 is 15.4 Å². The van der Waals surface area contributed by atoms with E-state index >= 15 is 0 Å². The molecule has 0 aliphatic rings. The van der Waals surface area contributed by atoms with Crippen LogP contribution in [0.3, 0.4) is 0 Å². The summed E-state index contributed by atoms with van der Waals surface area (Å²) in [5.41, 5.74) is -0.517. The molecule has 0 aromatic carbocycles. The van der Waals surface area contributed by atoms with Crippen molar-refractivity contribution in [3.05, 3.63) is 0 Å². The van der Waals surface area contributed by atoms with Gasteiger partial charge in [-0.3, -0.25) is 0 Å². The molecular formula is C14H31N3O4S. The van der Waals surface area contributed by atoms with Crippen LogP contribution in [-0.4, -0.2) is 52.5 Å². The molecule has 0 saturated carbocycles. The SMILES string of the molecule is CNS(=O)(=O)CCNCC(CNC(=O)OC(C)(C)C)C(C)C. The molecule has 0 spiro atoms.